The monoisotopic (exact) mass is 242 g/mol. The summed E-state index contributed by atoms with van der Waals surface area (Å²) < 4.78 is 36.9. The van der Waals surface area contributed by atoms with Crippen molar-refractivity contribution in [2.75, 3.05) is 0 Å². The summed E-state index contributed by atoms with van der Waals surface area (Å²) >= 11 is 0. The first-order chi connectivity index (χ1) is 7.89. The van der Waals surface area contributed by atoms with Crippen molar-refractivity contribution in [1.82, 2.24) is 0 Å². The summed E-state index contributed by atoms with van der Waals surface area (Å²) in [5, 5.41) is 0. The summed E-state index contributed by atoms with van der Waals surface area (Å²) in [6.45, 7) is 4.18. The van der Waals surface area contributed by atoms with Gasteiger partial charge in [0.05, 0.1) is 5.56 Å². The van der Waals surface area contributed by atoms with Crippen molar-refractivity contribution < 1.29 is 13.2 Å². The first kappa shape index (κ1) is 13.8. The van der Waals surface area contributed by atoms with Gasteiger partial charge in [0.2, 0.25) is 0 Å². The SMILES string of the molecule is CC(C)/C=C/CCc1ccc(C(F)(F)F)cc1. The minimum atomic E-state index is -4.24. The average Bonchev–Trinajstić information content (AvgIpc) is 2.23. The second-order valence-electron chi connectivity index (χ2n) is 4.41. The van der Waals surface area contributed by atoms with Gasteiger partial charge in [0.1, 0.15) is 0 Å². The van der Waals surface area contributed by atoms with Crippen molar-refractivity contribution in [1.29, 1.82) is 0 Å². The molecule has 3 heteroatoms. The Kier molecular flexibility index (Phi) is 4.79. The number of hydrogen-bond donors (Lipinski definition) is 0. The highest BCUT2D eigenvalue weighted by atomic mass is 19.4. The maximum absolute atomic E-state index is 12.3. The molecule has 0 unspecified atom stereocenters. The van der Waals surface area contributed by atoms with Crippen molar-refractivity contribution in [3.63, 3.8) is 0 Å². The molecule has 0 bridgehead atoms. The van der Waals surface area contributed by atoms with Crippen LogP contribution in [0.1, 0.15) is 31.4 Å². The summed E-state index contributed by atoms with van der Waals surface area (Å²) in [6, 6.07) is 5.38. The van der Waals surface area contributed by atoms with Gasteiger partial charge in [0, 0.05) is 0 Å². The molecule has 0 saturated carbocycles. The van der Waals surface area contributed by atoms with Crippen LogP contribution < -0.4 is 0 Å². The van der Waals surface area contributed by atoms with Gasteiger partial charge in [-0.2, -0.15) is 13.2 Å². The zero-order valence-electron chi connectivity index (χ0n) is 10.1. The van der Waals surface area contributed by atoms with Crippen LogP contribution in [-0.4, -0.2) is 0 Å². The Morgan fingerprint density at radius 3 is 2.18 bits per heavy atom. The van der Waals surface area contributed by atoms with E-state index in [9.17, 15) is 13.2 Å². The van der Waals surface area contributed by atoms with Gasteiger partial charge < -0.3 is 0 Å². The lowest BCUT2D eigenvalue weighted by molar-refractivity contribution is -0.137. The van der Waals surface area contributed by atoms with E-state index < -0.39 is 11.7 Å². The Bertz CT molecular complexity index is 358. The standard InChI is InChI=1S/C14H17F3/c1-11(2)5-3-4-6-12-7-9-13(10-8-12)14(15,16)17/h3,5,7-11H,4,6H2,1-2H3/b5-3+. The summed E-state index contributed by atoms with van der Waals surface area (Å²) in [4.78, 5) is 0. The van der Waals surface area contributed by atoms with Crippen molar-refractivity contribution in [3.8, 4) is 0 Å². The van der Waals surface area contributed by atoms with E-state index in [1.165, 1.54) is 0 Å². The van der Waals surface area contributed by atoms with Gasteiger partial charge in [-0.15, -0.1) is 0 Å². The van der Waals surface area contributed by atoms with E-state index in [0.717, 1.165) is 30.5 Å². The lowest BCUT2D eigenvalue weighted by Gasteiger charge is -2.07. The van der Waals surface area contributed by atoms with Gasteiger partial charge in [-0.3, -0.25) is 0 Å². The van der Waals surface area contributed by atoms with Crippen LogP contribution in [0.25, 0.3) is 0 Å². The Morgan fingerprint density at radius 1 is 1.12 bits per heavy atom. The third-order valence-corrected chi connectivity index (χ3v) is 2.40. The second-order valence-corrected chi connectivity index (χ2v) is 4.41. The van der Waals surface area contributed by atoms with E-state index in [1.54, 1.807) is 12.1 Å². The highest BCUT2D eigenvalue weighted by Gasteiger charge is 2.29. The lowest BCUT2D eigenvalue weighted by atomic mass is 10.1. The van der Waals surface area contributed by atoms with Crippen molar-refractivity contribution >= 4 is 0 Å². The maximum atomic E-state index is 12.3. The Morgan fingerprint density at radius 2 is 1.71 bits per heavy atom. The first-order valence-corrected chi connectivity index (χ1v) is 5.72. The summed E-state index contributed by atoms with van der Waals surface area (Å²) in [5.41, 5.74) is 0.352. The Hall–Kier alpha value is -1.25. The number of benzene rings is 1. The zero-order valence-corrected chi connectivity index (χ0v) is 10.1. The molecule has 1 aromatic carbocycles. The molecule has 0 aliphatic rings. The molecule has 0 spiro atoms. The molecule has 0 heterocycles. The molecule has 0 nitrogen and oxygen atoms in total. The minimum Gasteiger partial charge on any atom is -0.166 e. The molecule has 17 heavy (non-hydrogen) atoms. The van der Waals surface area contributed by atoms with Crippen LogP contribution >= 0.6 is 0 Å². The van der Waals surface area contributed by atoms with Gasteiger partial charge in [0.15, 0.2) is 0 Å². The van der Waals surface area contributed by atoms with E-state index in [-0.39, 0.29) is 0 Å². The van der Waals surface area contributed by atoms with Gasteiger partial charge in [0.25, 0.3) is 0 Å². The van der Waals surface area contributed by atoms with Crippen LogP contribution in [0, 0.1) is 5.92 Å². The van der Waals surface area contributed by atoms with Crippen LogP contribution in [0.4, 0.5) is 13.2 Å². The molecular weight excluding hydrogens is 225 g/mol. The number of aryl methyl sites for hydroxylation is 1. The third kappa shape index (κ3) is 5.07. The number of rotatable bonds is 4. The predicted molar refractivity (Wildman–Crippen MR) is 63.7 cm³/mol. The van der Waals surface area contributed by atoms with Crippen molar-refractivity contribution in [2.45, 2.75) is 32.9 Å². The van der Waals surface area contributed by atoms with Crippen LogP contribution in [0.5, 0.6) is 0 Å². The van der Waals surface area contributed by atoms with Gasteiger partial charge in [-0.05, 0) is 36.5 Å². The van der Waals surface area contributed by atoms with Crippen LogP contribution in [0.2, 0.25) is 0 Å². The molecular formula is C14H17F3. The molecule has 0 saturated heterocycles. The fraction of sp³-hybridized carbons (Fsp3) is 0.429. The highest BCUT2D eigenvalue weighted by molar-refractivity contribution is 5.24. The molecule has 0 aliphatic heterocycles. The van der Waals surface area contributed by atoms with E-state index >= 15 is 0 Å². The predicted octanol–water partition coefficient (Wildman–Crippen LogP) is 4.85. The van der Waals surface area contributed by atoms with E-state index in [2.05, 4.69) is 26.0 Å². The quantitative estimate of drug-likeness (QED) is 0.662. The fourth-order valence-electron chi connectivity index (χ4n) is 1.48. The molecule has 0 atom stereocenters. The van der Waals surface area contributed by atoms with Crippen LogP contribution in [-0.2, 0) is 12.6 Å². The van der Waals surface area contributed by atoms with E-state index in [4.69, 9.17) is 0 Å². The highest BCUT2D eigenvalue weighted by Crippen LogP contribution is 2.29. The van der Waals surface area contributed by atoms with Crippen molar-refractivity contribution in [2.24, 2.45) is 5.92 Å². The molecule has 0 radical (unpaired) electrons. The number of allylic oxidation sites excluding steroid dienone is 2. The van der Waals surface area contributed by atoms with Crippen LogP contribution in [0.15, 0.2) is 36.4 Å². The fourth-order valence-corrected chi connectivity index (χ4v) is 1.48. The summed E-state index contributed by atoms with van der Waals surface area (Å²) in [7, 11) is 0. The van der Waals surface area contributed by atoms with Gasteiger partial charge >= 0.3 is 6.18 Å². The second kappa shape index (κ2) is 5.89. The number of hydrogen-bond acceptors (Lipinski definition) is 0. The van der Waals surface area contributed by atoms with Crippen LogP contribution in [0.3, 0.4) is 0 Å². The Labute approximate surface area is 100 Å². The number of alkyl halides is 3. The third-order valence-electron chi connectivity index (χ3n) is 2.40. The molecule has 0 aromatic heterocycles. The van der Waals surface area contributed by atoms with Crippen molar-refractivity contribution in [3.05, 3.63) is 47.5 Å². The van der Waals surface area contributed by atoms with E-state index in [1.807, 2.05) is 0 Å². The summed E-state index contributed by atoms with van der Waals surface area (Å²) in [5.74, 6) is 0.516. The molecule has 94 valence electrons. The maximum Gasteiger partial charge on any atom is 0.416 e. The molecule has 0 amide bonds. The Balaban J connectivity index is 2.52. The first-order valence-electron chi connectivity index (χ1n) is 5.72. The van der Waals surface area contributed by atoms with Gasteiger partial charge in [-0.1, -0.05) is 38.1 Å². The largest absolute Gasteiger partial charge is 0.416 e. The molecule has 0 aliphatic carbocycles. The number of halogens is 3. The van der Waals surface area contributed by atoms with E-state index in [0.29, 0.717) is 5.92 Å². The smallest absolute Gasteiger partial charge is 0.166 e. The molecule has 0 fully saturated rings. The lowest BCUT2D eigenvalue weighted by Crippen LogP contribution is -2.04. The molecule has 1 rings (SSSR count). The zero-order chi connectivity index (χ0) is 12.9. The molecule has 1 aromatic rings. The summed E-state index contributed by atoms with van der Waals surface area (Å²) in [6.07, 6.45) is 1.58. The minimum absolute atomic E-state index is 0.516. The molecule has 0 N–H and O–H groups in total. The van der Waals surface area contributed by atoms with Gasteiger partial charge in [-0.25, -0.2) is 0 Å². The normalized spacial score (nSPS) is 12.6. The topological polar surface area (TPSA) is 0 Å². The average molecular weight is 242 g/mol.